The largest absolute Gasteiger partial charge is 0.327 e. The summed E-state index contributed by atoms with van der Waals surface area (Å²) in [6.07, 6.45) is 0. The van der Waals surface area contributed by atoms with Crippen LogP contribution in [0.1, 0.15) is 5.56 Å². The average molecular weight is 237 g/mol. The molecular weight excluding hydrogens is 221 g/mol. The van der Waals surface area contributed by atoms with Gasteiger partial charge in [-0.05, 0) is 0 Å². The molecule has 0 aliphatic carbocycles. The van der Waals surface area contributed by atoms with Gasteiger partial charge in [0.25, 0.3) is 0 Å². The molecule has 0 heterocycles. The van der Waals surface area contributed by atoms with Crippen molar-refractivity contribution in [3.8, 4) is 0 Å². The van der Waals surface area contributed by atoms with Gasteiger partial charge in [0.2, 0.25) is 0 Å². The molecule has 4 heteroatoms. The molecule has 0 atom stereocenters. The highest BCUT2D eigenvalue weighted by molar-refractivity contribution is 6.24. The predicted octanol–water partition coefficient (Wildman–Crippen LogP) is 3.20. The molecule has 0 aliphatic heterocycles. The van der Waals surface area contributed by atoms with Crippen LogP contribution in [0.2, 0.25) is 0 Å². The molecule has 1 aromatic carbocycles. The summed E-state index contributed by atoms with van der Waals surface area (Å²) in [4.78, 5) is 0. The smallest absolute Gasteiger partial charge is 0.104 e. The van der Waals surface area contributed by atoms with E-state index in [1.165, 1.54) is 5.56 Å². The van der Waals surface area contributed by atoms with Crippen LogP contribution in [-0.2, 0) is 10.4 Å². The van der Waals surface area contributed by atoms with E-state index in [1.54, 1.807) is 0 Å². The lowest BCUT2D eigenvalue weighted by atomic mass is 10.2. The van der Waals surface area contributed by atoms with Gasteiger partial charge in [0.15, 0.2) is 0 Å². The summed E-state index contributed by atoms with van der Waals surface area (Å²) in [5.74, 6) is 0. The van der Waals surface area contributed by atoms with Crippen molar-refractivity contribution in [2.75, 3.05) is 21.1 Å². The number of hydrogen-bond donors (Lipinski definition) is 0. The van der Waals surface area contributed by atoms with Gasteiger partial charge in [0.1, 0.15) is 6.54 Å². The fraction of sp³-hybridized carbons (Fsp3) is 0.400. The molecule has 1 aromatic rings. The zero-order valence-electron chi connectivity index (χ0n) is 8.71. The van der Waals surface area contributed by atoms with Crippen LogP contribution >= 0.6 is 23.7 Å². The third-order valence-corrected chi connectivity index (χ3v) is 1.50. The van der Waals surface area contributed by atoms with Gasteiger partial charge in [-0.1, -0.05) is 30.3 Å². The van der Waals surface area contributed by atoms with Crippen molar-refractivity contribution in [2.24, 2.45) is 0 Å². The number of rotatable bonds is 2. The van der Waals surface area contributed by atoms with Crippen LogP contribution in [0.25, 0.3) is 0 Å². The van der Waals surface area contributed by atoms with Crippen LogP contribution in [0.3, 0.4) is 0 Å². The lowest BCUT2D eigenvalue weighted by Crippen LogP contribution is -2.33. The Bertz CT molecular complexity index is 234. The molecule has 0 spiro atoms. The van der Waals surface area contributed by atoms with Crippen molar-refractivity contribution in [3.63, 3.8) is 0 Å². The maximum Gasteiger partial charge on any atom is 0.104 e. The second kappa shape index (κ2) is 7.07. The van der Waals surface area contributed by atoms with E-state index in [0.717, 1.165) is 11.0 Å². The number of nitrogens with zero attached hydrogens (tertiary/aromatic N) is 1. The van der Waals surface area contributed by atoms with Gasteiger partial charge in [0.05, 0.1) is 44.9 Å². The standard InChI is InChI=1S/C10H16N.Cl2O/c1-11(2,3)9-10-7-5-4-6-8-10;1-3-2/h4-8H,9H2,1-3H3;/q+1;. The summed E-state index contributed by atoms with van der Waals surface area (Å²) in [5, 5.41) is 0. The topological polar surface area (TPSA) is 9.23 Å². The molecule has 0 N–H and O–H groups in total. The normalized spacial score (nSPS) is 10.4. The summed E-state index contributed by atoms with van der Waals surface area (Å²) in [7, 11) is 6.60. The molecule has 2 nitrogen and oxygen atoms in total. The number of benzene rings is 1. The quantitative estimate of drug-likeness (QED) is 0.717. The van der Waals surface area contributed by atoms with Crippen LogP contribution in [0.4, 0.5) is 0 Å². The van der Waals surface area contributed by atoms with Crippen molar-refractivity contribution >= 4 is 23.7 Å². The Hall–Kier alpha value is -0.280. The van der Waals surface area contributed by atoms with Crippen molar-refractivity contribution in [3.05, 3.63) is 35.9 Å². The van der Waals surface area contributed by atoms with Gasteiger partial charge in [-0.25, -0.2) is 0 Å². The minimum Gasteiger partial charge on any atom is -0.327 e. The lowest BCUT2D eigenvalue weighted by Gasteiger charge is -2.23. The fourth-order valence-electron chi connectivity index (χ4n) is 1.13. The molecular formula is C10H16Cl2NO+. The molecule has 80 valence electrons. The third-order valence-electron chi connectivity index (χ3n) is 1.50. The molecule has 0 fully saturated rings. The van der Waals surface area contributed by atoms with E-state index < -0.39 is 0 Å². The number of halogens is 2. The summed E-state index contributed by atoms with van der Waals surface area (Å²) >= 11 is 8.53. The van der Waals surface area contributed by atoms with Crippen LogP contribution in [0, 0.1) is 0 Å². The first kappa shape index (κ1) is 13.7. The van der Waals surface area contributed by atoms with Gasteiger partial charge in [-0.3, -0.25) is 0 Å². The van der Waals surface area contributed by atoms with E-state index in [-0.39, 0.29) is 0 Å². The Morgan fingerprint density at radius 1 is 1.07 bits per heavy atom. The van der Waals surface area contributed by atoms with E-state index >= 15 is 0 Å². The van der Waals surface area contributed by atoms with E-state index in [2.05, 4.69) is 79.0 Å². The Balaban J connectivity index is 0.000000500. The summed E-state index contributed by atoms with van der Waals surface area (Å²) in [5.41, 5.74) is 1.40. The van der Waals surface area contributed by atoms with E-state index in [9.17, 15) is 0 Å². The van der Waals surface area contributed by atoms with Crippen molar-refractivity contribution in [1.29, 1.82) is 0 Å². The molecule has 0 bridgehead atoms. The molecule has 0 saturated heterocycles. The van der Waals surface area contributed by atoms with Crippen LogP contribution in [0.5, 0.6) is 0 Å². The lowest BCUT2D eigenvalue weighted by molar-refractivity contribution is -0.884. The second-order valence-corrected chi connectivity index (χ2v) is 4.46. The second-order valence-electron chi connectivity index (χ2n) is 3.99. The van der Waals surface area contributed by atoms with Crippen LogP contribution in [-0.4, -0.2) is 25.6 Å². The molecule has 0 saturated carbocycles. The van der Waals surface area contributed by atoms with E-state index in [4.69, 9.17) is 0 Å². The van der Waals surface area contributed by atoms with Gasteiger partial charge in [0, 0.05) is 5.56 Å². The number of quaternary nitrogens is 1. The highest BCUT2D eigenvalue weighted by Crippen LogP contribution is 2.05. The van der Waals surface area contributed by atoms with Gasteiger partial charge in [-0.15, -0.1) is 0 Å². The summed E-state index contributed by atoms with van der Waals surface area (Å²) in [6, 6.07) is 10.6. The minimum atomic E-state index is 0.990. The van der Waals surface area contributed by atoms with Crippen molar-refractivity contribution in [1.82, 2.24) is 0 Å². The Morgan fingerprint density at radius 2 is 1.50 bits per heavy atom. The van der Waals surface area contributed by atoms with Crippen molar-refractivity contribution < 1.29 is 8.32 Å². The number of hydrogen-bond acceptors (Lipinski definition) is 1. The van der Waals surface area contributed by atoms with Gasteiger partial charge >= 0.3 is 0 Å². The predicted molar refractivity (Wildman–Crippen MR) is 61.0 cm³/mol. The molecule has 0 radical (unpaired) electrons. The van der Waals surface area contributed by atoms with Gasteiger partial charge < -0.3 is 4.48 Å². The molecule has 0 amide bonds. The van der Waals surface area contributed by atoms with Gasteiger partial charge in [-0.2, -0.15) is 3.84 Å². The maximum atomic E-state index is 4.26. The first-order valence-electron chi connectivity index (χ1n) is 4.23. The highest BCUT2D eigenvalue weighted by Gasteiger charge is 2.06. The first-order valence-corrected chi connectivity index (χ1v) is 4.85. The van der Waals surface area contributed by atoms with E-state index in [0.29, 0.717) is 0 Å². The molecule has 0 aromatic heterocycles. The van der Waals surface area contributed by atoms with Crippen LogP contribution in [0.15, 0.2) is 30.3 Å². The zero-order chi connectivity index (χ0) is 11.0. The third kappa shape index (κ3) is 8.32. The molecule has 14 heavy (non-hydrogen) atoms. The van der Waals surface area contributed by atoms with E-state index in [1.807, 2.05) is 0 Å². The summed E-state index contributed by atoms with van der Waals surface area (Å²) < 4.78 is 4.18. The maximum absolute atomic E-state index is 4.26. The van der Waals surface area contributed by atoms with Crippen molar-refractivity contribution in [2.45, 2.75) is 6.54 Å². The highest BCUT2D eigenvalue weighted by atomic mass is 35.6. The SMILES string of the molecule is C[N+](C)(C)Cc1ccccc1.ClOCl. The van der Waals surface area contributed by atoms with Crippen LogP contribution < -0.4 is 0 Å². The minimum absolute atomic E-state index is 0.990. The Kier molecular flexibility index (Phi) is 6.93. The molecule has 0 aliphatic rings. The molecule has 1 rings (SSSR count). The Labute approximate surface area is 95.9 Å². The fourth-order valence-corrected chi connectivity index (χ4v) is 1.13. The summed E-state index contributed by atoms with van der Waals surface area (Å²) in [6.45, 7) is 1.10. The zero-order valence-corrected chi connectivity index (χ0v) is 10.2. The monoisotopic (exact) mass is 236 g/mol. The Morgan fingerprint density at radius 3 is 1.86 bits per heavy atom. The molecule has 0 unspecified atom stereocenters. The average Bonchev–Trinajstić information content (AvgIpc) is 2.04. The first-order chi connectivity index (χ1) is 6.49.